The largest absolute Gasteiger partial charge is 0.497 e. The fraction of sp³-hybridized carbons (Fsp3) is 0.400. The number of ether oxygens (including phenoxy) is 1. The van der Waals surface area contributed by atoms with E-state index in [1.54, 1.807) is 13.2 Å². The van der Waals surface area contributed by atoms with Crippen LogP contribution in [0.5, 0.6) is 5.75 Å². The lowest BCUT2D eigenvalue weighted by molar-refractivity contribution is 0.0651. The number of carbonyl (C=O) groups excluding carboxylic acids is 1. The van der Waals surface area contributed by atoms with Gasteiger partial charge in [-0.05, 0) is 34.1 Å². The second-order valence-electron chi connectivity index (χ2n) is 4.62. The Balaban J connectivity index is 2.07. The first-order valence-corrected chi connectivity index (χ1v) is 7.23. The molecule has 1 amide bonds. The minimum absolute atomic E-state index is 0.0242. The van der Waals surface area contributed by atoms with Gasteiger partial charge in [0.15, 0.2) is 0 Å². The van der Waals surface area contributed by atoms with Gasteiger partial charge in [-0.3, -0.25) is 9.69 Å². The van der Waals surface area contributed by atoms with Gasteiger partial charge in [0.05, 0.1) is 19.2 Å². The standard InChI is InChI=1S/C15H17BrN2O2/c1-3-6-17-7-9-18(10-8-17)15(19)13-11-12(20-2)4-5-14(13)16/h1,4-5,11H,6-10H2,2H3. The highest BCUT2D eigenvalue weighted by Crippen LogP contribution is 2.24. The fourth-order valence-corrected chi connectivity index (χ4v) is 2.62. The molecule has 106 valence electrons. The molecule has 0 bridgehead atoms. The molecule has 0 radical (unpaired) electrons. The lowest BCUT2D eigenvalue weighted by Gasteiger charge is -2.33. The number of amides is 1. The molecule has 0 saturated carbocycles. The van der Waals surface area contributed by atoms with Crippen molar-refractivity contribution in [2.75, 3.05) is 39.8 Å². The Kier molecular flexibility index (Phi) is 5.05. The highest BCUT2D eigenvalue weighted by molar-refractivity contribution is 9.10. The van der Waals surface area contributed by atoms with Crippen molar-refractivity contribution in [3.63, 3.8) is 0 Å². The first-order valence-electron chi connectivity index (χ1n) is 6.44. The summed E-state index contributed by atoms with van der Waals surface area (Å²) in [5.41, 5.74) is 0.634. The van der Waals surface area contributed by atoms with E-state index >= 15 is 0 Å². The molecule has 1 heterocycles. The van der Waals surface area contributed by atoms with Crippen LogP contribution in [0.4, 0.5) is 0 Å². The van der Waals surface area contributed by atoms with Crippen LogP contribution in [0.1, 0.15) is 10.4 Å². The Morgan fingerprint density at radius 1 is 1.40 bits per heavy atom. The molecule has 1 aromatic carbocycles. The zero-order chi connectivity index (χ0) is 14.5. The second kappa shape index (κ2) is 6.78. The number of nitrogens with zero attached hydrogens (tertiary/aromatic N) is 2. The number of piperazine rings is 1. The highest BCUT2D eigenvalue weighted by atomic mass is 79.9. The summed E-state index contributed by atoms with van der Waals surface area (Å²) >= 11 is 3.42. The molecule has 1 aliphatic rings. The van der Waals surface area contributed by atoms with Gasteiger partial charge in [0.1, 0.15) is 5.75 Å². The van der Waals surface area contributed by atoms with Crippen LogP contribution in [0.3, 0.4) is 0 Å². The van der Waals surface area contributed by atoms with Crippen molar-refractivity contribution in [1.82, 2.24) is 9.80 Å². The number of halogens is 1. The summed E-state index contributed by atoms with van der Waals surface area (Å²) < 4.78 is 5.96. The molecule has 0 unspecified atom stereocenters. The third kappa shape index (κ3) is 3.33. The van der Waals surface area contributed by atoms with Gasteiger partial charge in [0, 0.05) is 30.7 Å². The van der Waals surface area contributed by atoms with E-state index in [1.165, 1.54) is 0 Å². The van der Waals surface area contributed by atoms with E-state index in [-0.39, 0.29) is 5.91 Å². The quantitative estimate of drug-likeness (QED) is 0.790. The number of methoxy groups -OCH3 is 1. The topological polar surface area (TPSA) is 32.8 Å². The predicted molar refractivity (Wildman–Crippen MR) is 81.9 cm³/mol. The number of terminal acetylenes is 1. The van der Waals surface area contributed by atoms with Crippen LogP contribution in [0.2, 0.25) is 0 Å². The molecule has 4 nitrogen and oxygen atoms in total. The van der Waals surface area contributed by atoms with Crippen molar-refractivity contribution in [3.8, 4) is 18.1 Å². The second-order valence-corrected chi connectivity index (χ2v) is 5.47. The van der Waals surface area contributed by atoms with Gasteiger partial charge < -0.3 is 9.64 Å². The number of rotatable bonds is 3. The molecular weight excluding hydrogens is 320 g/mol. The van der Waals surface area contributed by atoms with Gasteiger partial charge >= 0.3 is 0 Å². The van der Waals surface area contributed by atoms with E-state index in [0.717, 1.165) is 17.6 Å². The van der Waals surface area contributed by atoms with Crippen LogP contribution in [-0.4, -0.2) is 55.5 Å². The van der Waals surface area contributed by atoms with Gasteiger partial charge in [-0.15, -0.1) is 6.42 Å². The van der Waals surface area contributed by atoms with E-state index in [0.29, 0.717) is 30.9 Å². The number of hydrogen-bond donors (Lipinski definition) is 0. The summed E-state index contributed by atoms with van der Waals surface area (Å²) in [5, 5.41) is 0. The maximum absolute atomic E-state index is 12.5. The molecule has 20 heavy (non-hydrogen) atoms. The molecule has 1 saturated heterocycles. The predicted octanol–water partition coefficient (Wildman–Crippen LogP) is 1.85. The van der Waals surface area contributed by atoms with Crippen LogP contribution in [-0.2, 0) is 0 Å². The van der Waals surface area contributed by atoms with Crippen LogP contribution >= 0.6 is 15.9 Å². The Labute approximate surface area is 127 Å². The number of carbonyl (C=O) groups is 1. The minimum atomic E-state index is 0.0242. The Morgan fingerprint density at radius 3 is 2.70 bits per heavy atom. The first-order chi connectivity index (χ1) is 9.65. The molecule has 0 aromatic heterocycles. The zero-order valence-corrected chi connectivity index (χ0v) is 13.0. The third-order valence-electron chi connectivity index (χ3n) is 3.38. The Morgan fingerprint density at radius 2 is 2.10 bits per heavy atom. The van der Waals surface area contributed by atoms with Crippen molar-refractivity contribution < 1.29 is 9.53 Å². The average molecular weight is 337 g/mol. The van der Waals surface area contributed by atoms with Crippen LogP contribution in [0, 0.1) is 12.3 Å². The van der Waals surface area contributed by atoms with Gasteiger partial charge in [0.2, 0.25) is 0 Å². The number of hydrogen-bond acceptors (Lipinski definition) is 3. The normalized spacial score (nSPS) is 15.8. The lowest BCUT2D eigenvalue weighted by atomic mass is 10.1. The van der Waals surface area contributed by atoms with Crippen molar-refractivity contribution >= 4 is 21.8 Å². The van der Waals surface area contributed by atoms with Crippen LogP contribution < -0.4 is 4.74 Å². The van der Waals surface area contributed by atoms with E-state index in [2.05, 4.69) is 26.8 Å². The van der Waals surface area contributed by atoms with Gasteiger partial charge in [-0.1, -0.05) is 5.92 Å². The van der Waals surface area contributed by atoms with Gasteiger partial charge in [-0.2, -0.15) is 0 Å². The molecule has 5 heteroatoms. The van der Waals surface area contributed by atoms with E-state index < -0.39 is 0 Å². The Hall–Kier alpha value is -1.51. The van der Waals surface area contributed by atoms with Crippen LogP contribution in [0.25, 0.3) is 0 Å². The van der Waals surface area contributed by atoms with Gasteiger partial charge in [0.25, 0.3) is 5.91 Å². The summed E-state index contributed by atoms with van der Waals surface area (Å²) in [5.74, 6) is 3.34. The summed E-state index contributed by atoms with van der Waals surface area (Å²) in [4.78, 5) is 16.6. The maximum Gasteiger partial charge on any atom is 0.255 e. The summed E-state index contributed by atoms with van der Waals surface area (Å²) in [6.45, 7) is 3.67. The fourth-order valence-electron chi connectivity index (χ4n) is 2.20. The number of benzene rings is 1. The van der Waals surface area contributed by atoms with E-state index in [4.69, 9.17) is 11.2 Å². The van der Waals surface area contributed by atoms with Gasteiger partial charge in [-0.25, -0.2) is 0 Å². The van der Waals surface area contributed by atoms with Crippen LogP contribution in [0.15, 0.2) is 22.7 Å². The SMILES string of the molecule is C#CCN1CCN(C(=O)c2cc(OC)ccc2Br)CC1. The van der Waals surface area contributed by atoms with Crippen molar-refractivity contribution in [3.05, 3.63) is 28.2 Å². The molecular formula is C15H17BrN2O2. The summed E-state index contributed by atoms with van der Waals surface area (Å²) in [6, 6.07) is 5.42. The van der Waals surface area contributed by atoms with Crippen molar-refractivity contribution in [2.45, 2.75) is 0 Å². The first kappa shape index (κ1) is 14.9. The molecule has 1 aromatic rings. The molecule has 0 N–H and O–H groups in total. The molecule has 1 aliphatic heterocycles. The summed E-state index contributed by atoms with van der Waals surface area (Å²) in [7, 11) is 1.59. The van der Waals surface area contributed by atoms with Crippen molar-refractivity contribution in [1.29, 1.82) is 0 Å². The maximum atomic E-state index is 12.5. The third-order valence-corrected chi connectivity index (χ3v) is 4.07. The molecule has 0 aliphatic carbocycles. The molecule has 2 rings (SSSR count). The smallest absolute Gasteiger partial charge is 0.255 e. The molecule has 1 fully saturated rings. The molecule has 0 atom stereocenters. The van der Waals surface area contributed by atoms with E-state index in [9.17, 15) is 4.79 Å². The minimum Gasteiger partial charge on any atom is -0.497 e. The highest BCUT2D eigenvalue weighted by Gasteiger charge is 2.23. The summed E-state index contributed by atoms with van der Waals surface area (Å²) in [6.07, 6.45) is 5.30. The van der Waals surface area contributed by atoms with E-state index in [1.807, 2.05) is 17.0 Å². The monoisotopic (exact) mass is 336 g/mol. The zero-order valence-electron chi connectivity index (χ0n) is 11.4. The average Bonchev–Trinajstić information content (AvgIpc) is 2.48. The van der Waals surface area contributed by atoms with Crippen molar-refractivity contribution in [2.24, 2.45) is 0 Å². The molecule has 0 spiro atoms. The Bertz CT molecular complexity index is 531. The lowest BCUT2D eigenvalue weighted by Crippen LogP contribution is -2.48.